The van der Waals surface area contributed by atoms with E-state index in [1.165, 1.54) is 0 Å². The van der Waals surface area contributed by atoms with Gasteiger partial charge < -0.3 is 0 Å². The summed E-state index contributed by atoms with van der Waals surface area (Å²) in [5.74, 6) is 0. The van der Waals surface area contributed by atoms with E-state index in [-0.39, 0.29) is 5.56 Å². The average molecular weight is 293 g/mol. The van der Waals surface area contributed by atoms with Crippen molar-refractivity contribution in [1.29, 1.82) is 0 Å². The number of nitrogens with one attached hydrogen (secondary N) is 1. The number of hydrogen-bond acceptors (Lipinski definition) is 1. The first-order valence-corrected chi connectivity index (χ1v) is 6.58. The molecule has 1 N–H and O–H groups in total. The predicted molar refractivity (Wildman–Crippen MR) is 70.3 cm³/mol. The molecule has 0 fully saturated rings. The molecule has 1 aromatic heterocycles. The van der Waals surface area contributed by atoms with Crippen molar-refractivity contribution in [2.24, 2.45) is 0 Å². The quantitative estimate of drug-likeness (QED) is 0.907. The van der Waals surface area contributed by atoms with Gasteiger partial charge in [-0.15, -0.1) is 0 Å². The molecule has 88 valence electrons. The van der Waals surface area contributed by atoms with Crippen LogP contribution in [0.3, 0.4) is 0 Å². The number of aromatic amines is 1. The Morgan fingerprint density at radius 3 is 2.71 bits per heavy atom. The van der Waals surface area contributed by atoms with Gasteiger partial charge in [0.25, 0.3) is 5.56 Å². The summed E-state index contributed by atoms with van der Waals surface area (Å²) in [6.07, 6.45) is 3.05. The third-order valence-corrected chi connectivity index (χ3v) is 3.77. The van der Waals surface area contributed by atoms with Crippen molar-refractivity contribution in [2.75, 3.05) is 0 Å². The van der Waals surface area contributed by atoms with E-state index >= 15 is 0 Å². The molecule has 0 radical (unpaired) electrons. The zero-order valence-corrected chi connectivity index (χ0v) is 11.0. The summed E-state index contributed by atoms with van der Waals surface area (Å²) in [4.78, 5) is 12.1. The topological polar surface area (TPSA) is 37.8 Å². The highest BCUT2D eigenvalue weighted by Crippen LogP contribution is 2.17. The molecule has 0 unspecified atom stereocenters. The van der Waals surface area contributed by atoms with Gasteiger partial charge in [-0.2, -0.15) is 0 Å². The van der Waals surface area contributed by atoms with Crippen LogP contribution >= 0.6 is 15.9 Å². The molecule has 1 aromatic carbocycles. The van der Waals surface area contributed by atoms with Crippen LogP contribution in [-0.2, 0) is 19.4 Å². The molecule has 4 heteroatoms. The van der Waals surface area contributed by atoms with E-state index in [2.05, 4.69) is 21.0 Å². The molecule has 0 saturated carbocycles. The number of aromatic nitrogens is 2. The third-order valence-electron chi connectivity index (χ3n) is 3.25. The third kappa shape index (κ3) is 1.97. The molecule has 17 heavy (non-hydrogen) atoms. The fraction of sp³-hybridized carbons (Fsp3) is 0.308. The van der Waals surface area contributed by atoms with Crippen LogP contribution in [0.4, 0.5) is 0 Å². The van der Waals surface area contributed by atoms with Crippen LogP contribution in [0.5, 0.6) is 0 Å². The molecule has 1 aliphatic carbocycles. The Morgan fingerprint density at radius 1 is 1.24 bits per heavy atom. The Bertz CT molecular complexity index is 595. The number of halogens is 1. The van der Waals surface area contributed by atoms with E-state index in [0.29, 0.717) is 6.54 Å². The van der Waals surface area contributed by atoms with Gasteiger partial charge in [-0.05, 0) is 37.0 Å². The molecule has 3 rings (SSSR count). The summed E-state index contributed by atoms with van der Waals surface area (Å²) in [5, 5.41) is 3.22. The number of benzene rings is 1. The lowest BCUT2D eigenvalue weighted by atomic mass is 10.2. The first-order chi connectivity index (χ1) is 8.24. The Morgan fingerprint density at radius 2 is 2.00 bits per heavy atom. The average Bonchev–Trinajstić information content (AvgIpc) is 2.87. The first-order valence-electron chi connectivity index (χ1n) is 5.79. The maximum Gasteiger partial charge on any atom is 0.270 e. The number of hydrogen-bond donors (Lipinski definition) is 1. The van der Waals surface area contributed by atoms with Gasteiger partial charge in [0.2, 0.25) is 0 Å². The molecule has 1 aliphatic rings. The molecular weight excluding hydrogens is 280 g/mol. The molecule has 3 nitrogen and oxygen atoms in total. The molecular formula is C13H13BrN2O. The Balaban J connectivity index is 1.91. The van der Waals surface area contributed by atoms with Crippen LogP contribution in [0.1, 0.15) is 23.2 Å². The highest BCUT2D eigenvalue weighted by molar-refractivity contribution is 9.10. The van der Waals surface area contributed by atoms with Crippen molar-refractivity contribution in [1.82, 2.24) is 9.78 Å². The van der Waals surface area contributed by atoms with Crippen LogP contribution in [0, 0.1) is 0 Å². The van der Waals surface area contributed by atoms with Crippen molar-refractivity contribution in [3.8, 4) is 0 Å². The Hall–Kier alpha value is -1.29. The number of H-pyrrole nitrogens is 1. The zero-order chi connectivity index (χ0) is 11.8. The van der Waals surface area contributed by atoms with E-state index in [4.69, 9.17) is 0 Å². The zero-order valence-electron chi connectivity index (χ0n) is 9.37. The largest absolute Gasteiger partial charge is 0.299 e. The monoisotopic (exact) mass is 292 g/mol. The summed E-state index contributed by atoms with van der Waals surface area (Å²) >= 11 is 3.41. The Labute approximate surface area is 108 Å². The van der Waals surface area contributed by atoms with Gasteiger partial charge in [0.1, 0.15) is 0 Å². The second-order valence-electron chi connectivity index (χ2n) is 4.44. The Kier molecular flexibility index (Phi) is 2.67. The van der Waals surface area contributed by atoms with E-state index < -0.39 is 0 Å². The highest BCUT2D eigenvalue weighted by Gasteiger charge is 2.18. The maximum atomic E-state index is 12.1. The van der Waals surface area contributed by atoms with Crippen LogP contribution in [0.25, 0.3) is 0 Å². The standard InChI is InChI=1S/C13H13BrN2O/c14-10-6-4-9(5-7-10)8-16-13(17)11-2-1-3-12(11)15-16/h4-7,15H,1-3,8H2. The van der Waals surface area contributed by atoms with Crippen LogP contribution in [0.2, 0.25) is 0 Å². The summed E-state index contributed by atoms with van der Waals surface area (Å²) in [5.41, 5.74) is 3.41. The van der Waals surface area contributed by atoms with Crippen molar-refractivity contribution in [3.63, 3.8) is 0 Å². The molecule has 1 heterocycles. The minimum absolute atomic E-state index is 0.153. The van der Waals surface area contributed by atoms with Gasteiger partial charge in [0.15, 0.2) is 0 Å². The minimum Gasteiger partial charge on any atom is -0.299 e. The normalized spacial score (nSPS) is 13.9. The summed E-state index contributed by atoms with van der Waals surface area (Å²) in [6.45, 7) is 0.624. The lowest BCUT2D eigenvalue weighted by Crippen LogP contribution is -2.19. The van der Waals surface area contributed by atoms with Crippen LogP contribution in [0.15, 0.2) is 33.5 Å². The second-order valence-corrected chi connectivity index (χ2v) is 5.36. The van der Waals surface area contributed by atoms with Crippen molar-refractivity contribution >= 4 is 15.9 Å². The minimum atomic E-state index is 0.153. The van der Waals surface area contributed by atoms with Crippen LogP contribution < -0.4 is 5.56 Å². The van der Waals surface area contributed by atoms with Gasteiger partial charge in [-0.3, -0.25) is 9.89 Å². The van der Waals surface area contributed by atoms with Crippen molar-refractivity contribution in [3.05, 3.63) is 55.9 Å². The van der Waals surface area contributed by atoms with Gasteiger partial charge in [-0.25, -0.2) is 4.68 Å². The predicted octanol–water partition coefficient (Wildman–Crippen LogP) is 2.48. The van der Waals surface area contributed by atoms with Gasteiger partial charge in [0.05, 0.1) is 6.54 Å². The van der Waals surface area contributed by atoms with E-state index in [0.717, 1.165) is 40.6 Å². The second kappa shape index (κ2) is 4.18. The molecule has 0 aliphatic heterocycles. The lowest BCUT2D eigenvalue weighted by molar-refractivity contribution is 0.641. The lowest BCUT2D eigenvalue weighted by Gasteiger charge is -2.03. The van der Waals surface area contributed by atoms with Gasteiger partial charge in [-0.1, -0.05) is 28.1 Å². The molecule has 2 aromatic rings. The number of rotatable bonds is 2. The summed E-state index contributed by atoms with van der Waals surface area (Å²) < 4.78 is 2.77. The fourth-order valence-electron chi connectivity index (χ4n) is 2.36. The van der Waals surface area contributed by atoms with Gasteiger partial charge in [0, 0.05) is 15.7 Å². The fourth-order valence-corrected chi connectivity index (χ4v) is 2.63. The summed E-state index contributed by atoms with van der Waals surface area (Å²) in [7, 11) is 0. The molecule has 0 saturated heterocycles. The molecule has 0 atom stereocenters. The van der Waals surface area contributed by atoms with E-state index in [1.807, 2.05) is 24.3 Å². The summed E-state index contributed by atoms with van der Waals surface area (Å²) in [6, 6.07) is 8.05. The number of aryl methyl sites for hydroxylation is 1. The molecule has 0 bridgehead atoms. The van der Waals surface area contributed by atoms with Crippen molar-refractivity contribution < 1.29 is 0 Å². The van der Waals surface area contributed by atoms with Gasteiger partial charge >= 0.3 is 0 Å². The number of fused-ring (bicyclic) bond motifs is 1. The SMILES string of the molecule is O=c1c2c([nH]n1Cc1ccc(Br)cc1)CCC2. The highest BCUT2D eigenvalue weighted by atomic mass is 79.9. The van der Waals surface area contributed by atoms with Crippen LogP contribution in [-0.4, -0.2) is 9.78 Å². The first kappa shape index (κ1) is 10.8. The van der Waals surface area contributed by atoms with E-state index in [1.54, 1.807) is 4.68 Å². The molecule has 0 spiro atoms. The van der Waals surface area contributed by atoms with Crippen molar-refractivity contribution in [2.45, 2.75) is 25.8 Å². The van der Waals surface area contributed by atoms with E-state index in [9.17, 15) is 4.79 Å². The number of nitrogens with zero attached hydrogens (tertiary/aromatic N) is 1. The smallest absolute Gasteiger partial charge is 0.270 e. The maximum absolute atomic E-state index is 12.1. The molecule has 0 amide bonds.